The van der Waals surface area contributed by atoms with E-state index < -0.39 is 0 Å². The second-order valence-corrected chi connectivity index (χ2v) is 7.93. The fourth-order valence-electron chi connectivity index (χ4n) is 3.67. The molecule has 4 aromatic rings. The van der Waals surface area contributed by atoms with E-state index in [1.54, 1.807) is 12.1 Å². The van der Waals surface area contributed by atoms with Crippen LogP contribution in [0.2, 0.25) is 5.02 Å². The molecule has 0 saturated carbocycles. The van der Waals surface area contributed by atoms with Crippen LogP contribution in [0.15, 0.2) is 78.9 Å². The summed E-state index contributed by atoms with van der Waals surface area (Å²) in [5.41, 5.74) is 2.57. The Balaban J connectivity index is 1.34. The summed E-state index contributed by atoms with van der Waals surface area (Å²) in [5.74, 6) is 1.70. The molecule has 1 amide bonds. The zero-order valence-electron chi connectivity index (χ0n) is 17.8. The molecule has 0 spiro atoms. The van der Waals surface area contributed by atoms with Gasteiger partial charge >= 0.3 is 0 Å². The lowest BCUT2D eigenvalue weighted by molar-refractivity contribution is 0.0954. The van der Waals surface area contributed by atoms with Gasteiger partial charge in [0.1, 0.15) is 11.6 Å². The lowest BCUT2D eigenvalue weighted by Gasteiger charge is -2.11. The van der Waals surface area contributed by atoms with Gasteiger partial charge in [-0.1, -0.05) is 54.1 Å². The normalized spacial score (nSPS) is 10.9. The van der Waals surface area contributed by atoms with E-state index >= 15 is 0 Å². The average Bonchev–Trinajstić information content (AvgIpc) is 3.17. The van der Waals surface area contributed by atoms with Crippen molar-refractivity contribution in [2.24, 2.45) is 0 Å². The predicted molar refractivity (Wildman–Crippen MR) is 128 cm³/mol. The zero-order chi connectivity index (χ0) is 22.2. The number of unbranched alkanes of at least 4 members (excludes halogenated alkanes) is 1. The van der Waals surface area contributed by atoms with E-state index in [0.717, 1.165) is 42.0 Å². The lowest BCUT2D eigenvalue weighted by atomic mass is 10.2. The van der Waals surface area contributed by atoms with Crippen LogP contribution in [-0.2, 0) is 13.0 Å². The van der Waals surface area contributed by atoms with Gasteiger partial charge in [0.15, 0.2) is 0 Å². The van der Waals surface area contributed by atoms with Crippen LogP contribution in [0.25, 0.3) is 11.0 Å². The number of aryl methyl sites for hydroxylation is 1. The molecule has 0 aliphatic heterocycles. The Morgan fingerprint density at radius 2 is 1.69 bits per heavy atom. The number of nitrogens with one attached hydrogen (secondary N) is 1. The van der Waals surface area contributed by atoms with Crippen LogP contribution in [0.5, 0.6) is 5.75 Å². The van der Waals surface area contributed by atoms with Gasteiger partial charge in [-0.05, 0) is 49.2 Å². The third kappa shape index (κ3) is 5.48. The fourth-order valence-corrected chi connectivity index (χ4v) is 3.89. The number of imidazole rings is 1. The Morgan fingerprint density at radius 1 is 0.938 bits per heavy atom. The first-order valence-electron chi connectivity index (χ1n) is 10.9. The van der Waals surface area contributed by atoms with Crippen molar-refractivity contribution >= 4 is 28.5 Å². The SMILES string of the molecule is O=C(NCCc1nc2ccccc2n1CCCCOc1ccccc1)c1ccccc1Cl. The maximum absolute atomic E-state index is 12.4. The summed E-state index contributed by atoms with van der Waals surface area (Å²) >= 11 is 6.13. The van der Waals surface area contributed by atoms with Gasteiger partial charge in [-0.3, -0.25) is 4.79 Å². The van der Waals surface area contributed by atoms with Gasteiger partial charge in [0.25, 0.3) is 5.91 Å². The summed E-state index contributed by atoms with van der Waals surface area (Å²) in [7, 11) is 0. The number of nitrogens with zero attached hydrogens (tertiary/aromatic N) is 2. The van der Waals surface area contributed by atoms with Crippen LogP contribution in [0.1, 0.15) is 29.0 Å². The monoisotopic (exact) mass is 447 g/mol. The Kier molecular flexibility index (Phi) is 7.41. The van der Waals surface area contributed by atoms with Gasteiger partial charge < -0.3 is 14.6 Å². The summed E-state index contributed by atoms with van der Waals surface area (Å²) in [6.07, 6.45) is 2.57. The number of fused-ring (bicyclic) bond motifs is 1. The molecule has 4 rings (SSSR count). The molecule has 5 nitrogen and oxygen atoms in total. The van der Waals surface area contributed by atoms with Crippen molar-refractivity contribution in [3.05, 3.63) is 95.3 Å². The predicted octanol–water partition coefficient (Wildman–Crippen LogP) is 5.52. The summed E-state index contributed by atoms with van der Waals surface area (Å²) in [6.45, 7) is 2.02. The Hall–Kier alpha value is -3.31. The van der Waals surface area contributed by atoms with Crippen molar-refractivity contribution < 1.29 is 9.53 Å². The second kappa shape index (κ2) is 10.8. The molecule has 0 unspecified atom stereocenters. The number of hydrogen-bond donors (Lipinski definition) is 1. The summed E-state index contributed by atoms with van der Waals surface area (Å²) in [4.78, 5) is 17.2. The van der Waals surface area contributed by atoms with Crippen LogP contribution in [0.4, 0.5) is 0 Å². The van der Waals surface area contributed by atoms with Gasteiger partial charge in [0, 0.05) is 19.5 Å². The summed E-state index contributed by atoms with van der Waals surface area (Å²) in [5, 5.41) is 3.41. The molecule has 0 radical (unpaired) electrons. The number of hydrogen-bond acceptors (Lipinski definition) is 3. The highest BCUT2D eigenvalue weighted by atomic mass is 35.5. The number of carbonyl (C=O) groups is 1. The first kappa shape index (κ1) is 21.9. The molecule has 1 aromatic heterocycles. The Bertz CT molecular complexity index is 1170. The van der Waals surface area contributed by atoms with E-state index in [2.05, 4.69) is 16.0 Å². The number of para-hydroxylation sites is 3. The molecule has 32 heavy (non-hydrogen) atoms. The minimum Gasteiger partial charge on any atom is -0.494 e. The fraction of sp³-hybridized carbons (Fsp3) is 0.231. The maximum Gasteiger partial charge on any atom is 0.252 e. The van der Waals surface area contributed by atoms with Crippen molar-refractivity contribution in [3.8, 4) is 5.75 Å². The van der Waals surface area contributed by atoms with Crippen molar-refractivity contribution in [1.29, 1.82) is 0 Å². The van der Waals surface area contributed by atoms with E-state index in [4.69, 9.17) is 21.3 Å². The van der Waals surface area contributed by atoms with Crippen molar-refractivity contribution in [3.63, 3.8) is 0 Å². The van der Waals surface area contributed by atoms with E-state index in [1.165, 1.54) is 0 Å². The van der Waals surface area contributed by atoms with Crippen LogP contribution in [0, 0.1) is 0 Å². The first-order chi connectivity index (χ1) is 15.7. The molecule has 1 heterocycles. The molecule has 164 valence electrons. The van der Waals surface area contributed by atoms with Gasteiger partial charge in [0.05, 0.1) is 28.2 Å². The number of ether oxygens (including phenoxy) is 1. The van der Waals surface area contributed by atoms with Gasteiger partial charge in [-0.25, -0.2) is 4.98 Å². The molecule has 0 fully saturated rings. The number of halogens is 1. The molecule has 0 aliphatic rings. The molecule has 0 aliphatic carbocycles. The highest BCUT2D eigenvalue weighted by molar-refractivity contribution is 6.33. The molecular formula is C26H26ClN3O2. The zero-order valence-corrected chi connectivity index (χ0v) is 18.6. The highest BCUT2D eigenvalue weighted by Crippen LogP contribution is 2.18. The van der Waals surface area contributed by atoms with E-state index in [9.17, 15) is 4.79 Å². The smallest absolute Gasteiger partial charge is 0.252 e. The number of carbonyl (C=O) groups excluding carboxylic acids is 1. The van der Waals surface area contributed by atoms with Crippen molar-refractivity contribution in [1.82, 2.24) is 14.9 Å². The van der Waals surface area contributed by atoms with Gasteiger partial charge in [0.2, 0.25) is 0 Å². The molecular weight excluding hydrogens is 422 g/mol. The van der Waals surface area contributed by atoms with E-state index in [1.807, 2.05) is 60.7 Å². The highest BCUT2D eigenvalue weighted by Gasteiger charge is 2.12. The standard InChI is InChI=1S/C26H26ClN3O2/c27-22-13-5-4-12-21(22)26(31)28-17-16-25-29-23-14-6-7-15-24(23)30(25)18-8-9-19-32-20-10-2-1-3-11-20/h1-7,10-15H,8-9,16-19H2,(H,28,31). The molecule has 6 heteroatoms. The average molecular weight is 448 g/mol. The third-order valence-electron chi connectivity index (χ3n) is 5.27. The molecule has 3 aromatic carbocycles. The van der Waals surface area contributed by atoms with Crippen molar-refractivity contribution in [2.45, 2.75) is 25.8 Å². The number of amides is 1. The number of aromatic nitrogens is 2. The van der Waals surface area contributed by atoms with Gasteiger partial charge in [-0.2, -0.15) is 0 Å². The lowest BCUT2D eigenvalue weighted by Crippen LogP contribution is -2.26. The minimum atomic E-state index is -0.170. The van der Waals surface area contributed by atoms with Crippen LogP contribution < -0.4 is 10.1 Å². The molecule has 0 bridgehead atoms. The molecule has 1 N–H and O–H groups in total. The quantitative estimate of drug-likeness (QED) is 0.325. The van der Waals surface area contributed by atoms with Crippen LogP contribution in [0.3, 0.4) is 0 Å². The summed E-state index contributed by atoms with van der Waals surface area (Å²) < 4.78 is 8.05. The van der Waals surface area contributed by atoms with E-state index in [0.29, 0.717) is 30.2 Å². The third-order valence-corrected chi connectivity index (χ3v) is 5.60. The Labute approximate surface area is 193 Å². The topological polar surface area (TPSA) is 56.2 Å². The second-order valence-electron chi connectivity index (χ2n) is 7.52. The number of rotatable bonds is 10. The first-order valence-corrected chi connectivity index (χ1v) is 11.2. The minimum absolute atomic E-state index is 0.170. The largest absolute Gasteiger partial charge is 0.494 e. The van der Waals surface area contributed by atoms with Crippen LogP contribution in [-0.4, -0.2) is 28.6 Å². The Morgan fingerprint density at radius 3 is 2.53 bits per heavy atom. The van der Waals surface area contributed by atoms with Crippen molar-refractivity contribution in [2.75, 3.05) is 13.2 Å². The number of benzene rings is 3. The maximum atomic E-state index is 12.4. The summed E-state index contributed by atoms with van der Waals surface area (Å²) in [6, 6.07) is 25.1. The van der Waals surface area contributed by atoms with Gasteiger partial charge in [-0.15, -0.1) is 0 Å². The molecule has 0 atom stereocenters. The van der Waals surface area contributed by atoms with E-state index in [-0.39, 0.29) is 5.91 Å². The van der Waals surface area contributed by atoms with Crippen LogP contribution >= 0.6 is 11.6 Å². The molecule has 0 saturated heterocycles.